The summed E-state index contributed by atoms with van der Waals surface area (Å²) in [6, 6.07) is 13.7. The number of benzene rings is 2. The lowest BCUT2D eigenvalue weighted by Crippen LogP contribution is -2.52. The molecule has 0 spiro atoms. The molecule has 404 valence electrons. The molecule has 0 radical (unpaired) electrons. The largest absolute Gasteiger partial charge is 0.479 e. The molecule has 3 N–H and O–H groups in total. The van der Waals surface area contributed by atoms with E-state index in [1.807, 2.05) is 123 Å². The summed E-state index contributed by atoms with van der Waals surface area (Å²) < 4.78 is 8.30. The van der Waals surface area contributed by atoms with Crippen molar-refractivity contribution in [1.29, 1.82) is 5.26 Å². The molecule has 0 saturated heterocycles. The number of esters is 1. The normalized spacial score (nSPS) is 14.5. The van der Waals surface area contributed by atoms with Crippen molar-refractivity contribution >= 4 is 80.5 Å². The highest BCUT2D eigenvalue weighted by atomic mass is 79.9. The Kier molecular flexibility index (Phi) is 25.5. The fraction of sp³-hybridized carbons (Fsp3) is 0.607. The van der Waals surface area contributed by atoms with Gasteiger partial charge < -0.3 is 34.8 Å². The molecule has 15 nitrogen and oxygen atoms in total. The molecule has 3 rings (SSSR count). The van der Waals surface area contributed by atoms with Crippen LogP contribution in [0, 0.1) is 46.3 Å². The highest BCUT2D eigenvalue weighted by molar-refractivity contribution is 9.10. The number of nitrogens with zero attached hydrogens (tertiary/aromatic N) is 5. The Morgan fingerprint density at radius 3 is 1.77 bits per heavy atom. The van der Waals surface area contributed by atoms with E-state index in [4.69, 9.17) is 15.7 Å². The van der Waals surface area contributed by atoms with Crippen molar-refractivity contribution in [3.05, 3.63) is 70.3 Å². The first kappa shape index (κ1) is 64.0. The first-order chi connectivity index (χ1) is 33.6. The van der Waals surface area contributed by atoms with Crippen molar-refractivity contribution in [1.82, 2.24) is 19.3 Å². The molecular formula is C56H82BrClN6O9. The molecule has 0 saturated carbocycles. The number of Topliss-reactive ketones (excluding diaryl/α,β-unsaturated/α-hetero) is 2. The van der Waals surface area contributed by atoms with E-state index in [0.29, 0.717) is 25.8 Å². The van der Waals surface area contributed by atoms with Crippen molar-refractivity contribution < 1.29 is 43.4 Å². The van der Waals surface area contributed by atoms with E-state index in [0.717, 1.165) is 31.4 Å². The van der Waals surface area contributed by atoms with E-state index >= 15 is 9.59 Å². The quantitative estimate of drug-likeness (QED) is 0.0654. The molecule has 0 aliphatic heterocycles. The Balaban J connectivity index is 0.0000183. The predicted molar refractivity (Wildman–Crippen MR) is 290 cm³/mol. The summed E-state index contributed by atoms with van der Waals surface area (Å²) in [5.41, 5.74) is 8.96. The number of carbonyl (C=O) groups excluding carboxylic acids is 6. The molecule has 3 aromatic rings. The third kappa shape index (κ3) is 19.3. The van der Waals surface area contributed by atoms with Gasteiger partial charge in [-0.3, -0.25) is 24.0 Å². The number of aromatic nitrogens is 1. The maximum absolute atomic E-state index is 15.2. The second-order valence-electron chi connectivity index (χ2n) is 22.1. The average molecular weight is 1100 g/mol. The Labute approximate surface area is 448 Å². The van der Waals surface area contributed by atoms with Gasteiger partial charge in [0.2, 0.25) is 17.7 Å². The van der Waals surface area contributed by atoms with Crippen LogP contribution in [0.15, 0.2) is 59.2 Å². The summed E-state index contributed by atoms with van der Waals surface area (Å²) in [6.45, 7) is 19.6. The zero-order chi connectivity index (χ0) is 54.4. The van der Waals surface area contributed by atoms with Crippen LogP contribution in [0.4, 0.5) is 0 Å². The number of ketones is 2. The number of likely N-dealkylation sites (N-methyl/N-ethyl adjacent to an activating group) is 3. The topological polar surface area (TPSA) is 213 Å². The van der Waals surface area contributed by atoms with Gasteiger partial charge in [-0.25, -0.2) is 9.59 Å². The number of hydrogen-bond acceptors (Lipinski definition) is 10. The van der Waals surface area contributed by atoms with Gasteiger partial charge in [-0.1, -0.05) is 109 Å². The van der Waals surface area contributed by atoms with Gasteiger partial charge in [0.05, 0.1) is 24.2 Å². The van der Waals surface area contributed by atoms with Crippen molar-refractivity contribution in [2.75, 3.05) is 21.1 Å². The maximum atomic E-state index is 15.2. The number of halogens is 2. The van der Waals surface area contributed by atoms with Crippen molar-refractivity contribution in [2.45, 2.75) is 164 Å². The molecule has 0 aliphatic rings. The van der Waals surface area contributed by atoms with Crippen LogP contribution >= 0.6 is 28.3 Å². The first-order valence-corrected chi connectivity index (χ1v) is 26.1. The smallest absolute Gasteiger partial charge is 0.345 e. The van der Waals surface area contributed by atoms with Gasteiger partial charge >= 0.3 is 11.9 Å². The Bertz CT molecular complexity index is 2390. The van der Waals surface area contributed by atoms with Crippen molar-refractivity contribution in [3.63, 3.8) is 0 Å². The van der Waals surface area contributed by atoms with Crippen molar-refractivity contribution in [3.8, 4) is 6.07 Å². The fourth-order valence-electron chi connectivity index (χ4n) is 9.38. The third-order valence-corrected chi connectivity index (χ3v) is 13.7. The Morgan fingerprint density at radius 2 is 1.26 bits per heavy atom. The van der Waals surface area contributed by atoms with E-state index in [1.54, 1.807) is 14.1 Å². The van der Waals surface area contributed by atoms with E-state index in [-0.39, 0.29) is 85.8 Å². The molecule has 0 aliphatic carbocycles. The summed E-state index contributed by atoms with van der Waals surface area (Å²) in [6.07, 6.45) is 0.991. The number of hydrogen-bond donors (Lipinski definition) is 2. The first-order valence-electron chi connectivity index (χ1n) is 25.3. The zero-order valence-corrected chi connectivity index (χ0v) is 47.8. The SMILES string of the molecule is CC(C)C[C@H](CC(=O)[C@H](Cc1cn(Cc2ccc(Br)cc2)c2ccccc12)N(C)C(=O)[C@@H](CC(=O)[C@H](CC(C)C)N(C)C(=O)[C@@H](N)CC(C)(C)C)CC(C)C)C(=O)N(C)[C@@H](C)C(=O)O[C@H](CCC#N)C(=O)O.Cl. The van der Waals surface area contributed by atoms with Crippen LogP contribution in [0.2, 0.25) is 0 Å². The summed E-state index contributed by atoms with van der Waals surface area (Å²) in [4.78, 5) is 102. The second-order valence-corrected chi connectivity index (χ2v) is 23.1. The Morgan fingerprint density at radius 1 is 0.753 bits per heavy atom. The molecule has 17 heteroatoms. The van der Waals surface area contributed by atoms with E-state index in [2.05, 4.69) is 20.5 Å². The van der Waals surface area contributed by atoms with Crippen LogP contribution in [0.3, 0.4) is 0 Å². The summed E-state index contributed by atoms with van der Waals surface area (Å²) in [5.74, 6) is -6.23. The minimum absolute atomic E-state index is 0. The third-order valence-electron chi connectivity index (χ3n) is 13.2. The number of para-hydroxylation sites is 1. The lowest BCUT2D eigenvalue weighted by Gasteiger charge is -2.35. The molecule has 2 aromatic carbocycles. The number of fused-ring (bicyclic) bond motifs is 1. The van der Waals surface area contributed by atoms with Crippen molar-refractivity contribution in [2.24, 2.45) is 40.7 Å². The number of nitrogens with two attached hydrogens (primary N) is 1. The predicted octanol–water partition coefficient (Wildman–Crippen LogP) is 9.27. The summed E-state index contributed by atoms with van der Waals surface area (Å²) >= 11 is 3.52. The maximum Gasteiger partial charge on any atom is 0.345 e. The monoisotopic (exact) mass is 1100 g/mol. The van der Waals surface area contributed by atoms with Gasteiger partial charge in [0.25, 0.3) is 0 Å². The number of nitriles is 1. The van der Waals surface area contributed by atoms with Gasteiger partial charge in [-0.15, -0.1) is 12.4 Å². The number of amides is 3. The fourth-order valence-corrected chi connectivity index (χ4v) is 9.64. The van der Waals surface area contributed by atoms with Crippen LogP contribution in [-0.2, 0) is 51.3 Å². The molecule has 1 heterocycles. The number of rotatable bonds is 28. The Hall–Kier alpha value is -5.11. The number of carboxylic acid groups (broad SMARTS) is 1. The standard InChI is InChI=1S/C56H81BrN6O9.ClH/c1-34(2)25-39(51(66)60(11)37(7)55(71)72-50(54(69)70)19-16-24-58)29-49(65)47(28-41-33-63(45-18-15-14-17-43(41)45)32-38-20-22-42(57)23-21-38)61(12)52(67)40(26-35(3)4)30-48(64)46(27-36(5)6)62(13)53(68)44(59)31-56(8,9)10;/h14-15,17-18,20-23,33-37,39-40,44,46-47,50H,16,19,25-32,59H2,1-13H3,(H,69,70);1H/t37-,39+,40+,44-,46-,47-,50+;/m0./s1. The zero-order valence-electron chi connectivity index (χ0n) is 45.4. The summed E-state index contributed by atoms with van der Waals surface area (Å²) in [7, 11) is 4.57. The average Bonchev–Trinajstić information content (AvgIpc) is 3.64. The number of carbonyl (C=O) groups is 7. The van der Waals surface area contributed by atoms with Crippen LogP contribution < -0.4 is 5.73 Å². The molecule has 73 heavy (non-hydrogen) atoms. The minimum Gasteiger partial charge on any atom is -0.479 e. The number of aliphatic carboxylic acids is 1. The van der Waals surface area contributed by atoms with Gasteiger partial charge in [0, 0.05) is 93.2 Å². The van der Waals surface area contributed by atoms with Crippen LogP contribution in [0.5, 0.6) is 0 Å². The lowest BCUT2D eigenvalue weighted by atomic mass is 9.85. The molecule has 3 amide bonds. The lowest BCUT2D eigenvalue weighted by molar-refractivity contribution is -0.169. The highest BCUT2D eigenvalue weighted by Crippen LogP contribution is 2.30. The highest BCUT2D eigenvalue weighted by Gasteiger charge is 2.40. The van der Waals surface area contributed by atoms with Gasteiger partial charge in [-0.2, -0.15) is 5.26 Å². The molecule has 7 atom stereocenters. The molecule has 0 unspecified atom stereocenters. The molecule has 0 fully saturated rings. The van der Waals surface area contributed by atoms with Gasteiger partial charge in [0.1, 0.15) is 6.04 Å². The van der Waals surface area contributed by atoms with E-state index in [1.165, 1.54) is 23.8 Å². The van der Waals surface area contributed by atoms with Crippen LogP contribution in [0.1, 0.15) is 132 Å². The van der Waals surface area contributed by atoms with Gasteiger partial charge in [-0.05, 0) is 85.1 Å². The number of ether oxygens (including phenoxy) is 1. The molecule has 0 bridgehead atoms. The second kappa shape index (κ2) is 29.1. The van der Waals surface area contributed by atoms with Crippen LogP contribution in [-0.4, -0.2) is 117 Å². The minimum atomic E-state index is -1.58. The van der Waals surface area contributed by atoms with E-state index < -0.39 is 71.6 Å². The molecular weight excluding hydrogens is 1020 g/mol. The van der Waals surface area contributed by atoms with Crippen LogP contribution in [0.25, 0.3) is 10.9 Å². The summed E-state index contributed by atoms with van der Waals surface area (Å²) in [5, 5.41) is 19.5. The van der Waals surface area contributed by atoms with E-state index in [9.17, 15) is 29.1 Å². The number of carboxylic acids is 1. The molecule has 1 aromatic heterocycles. The van der Waals surface area contributed by atoms with Gasteiger partial charge in [0.15, 0.2) is 17.7 Å².